The number of ether oxygens (including phenoxy) is 3. The number of carbonyl (C=O) groups is 4. The van der Waals surface area contributed by atoms with Gasteiger partial charge in [-0.05, 0) is 83.5 Å². The minimum atomic E-state index is -1.33. The van der Waals surface area contributed by atoms with E-state index in [9.17, 15) is 19.2 Å². The highest BCUT2D eigenvalue weighted by Gasteiger charge is 2.40. The van der Waals surface area contributed by atoms with Crippen molar-refractivity contribution in [1.82, 2.24) is 40.0 Å². The van der Waals surface area contributed by atoms with Gasteiger partial charge in [-0.2, -0.15) is 0 Å². The summed E-state index contributed by atoms with van der Waals surface area (Å²) in [6, 6.07) is 22.3. The van der Waals surface area contributed by atoms with Crippen LogP contribution in [0.25, 0.3) is 44.5 Å². The number of nitrogens with one attached hydrogen (secondary N) is 3. The van der Waals surface area contributed by atoms with E-state index in [0.717, 1.165) is 87.9 Å². The number of amides is 4. The first kappa shape index (κ1) is 47.9. The Morgan fingerprint density at radius 1 is 0.727 bits per heavy atom. The number of aromatic nitrogens is 4. The third-order valence-electron chi connectivity index (χ3n) is 12.8. The lowest BCUT2D eigenvalue weighted by Crippen LogP contribution is -2.51. The average Bonchev–Trinajstić information content (AvgIpc) is 4.14. The molecule has 0 aliphatic carbocycles. The van der Waals surface area contributed by atoms with Gasteiger partial charge < -0.3 is 44.2 Å². The SMILES string of the molecule is COC(=O)N[C@H](C(=O)N1CCC[C@H]1c1nc2ccc(-c3ccc(-c4ccc(-c5cnc([C@@H]6CCCN6C(=O)[C@@H](NC(=O)OC)C(C)C)n5COCC[Si](C)(C)C)cc4)cc3)cc2[nH]1)C(C)C. The maximum Gasteiger partial charge on any atom is 0.407 e. The number of rotatable bonds is 16. The standard InChI is InChI=1S/C50H66N8O7Si/c1-31(2)43(54-49(61)63-5)47(59)56-24-10-12-40(56)45-52-38-23-22-37(28-39(38)53-45)35-16-14-33(15-17-35)34-18-20-36(21-19-34)42-29-51-46(58(42)30-65-26-27-66(7,8)9)41-13-11-25-57(41)48(60)44(32(3)4)55-50(62)64-6/h14-23,28-29,31-32,40-41,43-44H,10-13,24-27,30H2,1-9H3,(H,52,53)(H,54,61)(H,55,62)/t40-,41-,43-,44-/m0/s1. The third-order valence-corrected chi connectivity index (χ3v) is 14.5. The highest BCUT2D eigenvalue weighted by molar-refractivity contribution is 6.76. The third kappa shape index (κ3) is 10.8. The number of hydrogen-bond donors (Lipinski definition) is 3. The van der Waals surface area contributed by atoms with Crippen LogP contribution in [-0.4, -0.2) is 107 Å². The highest BCUT2D eigenvalue weighted by Crippen LogP contribution is 2.37. The number of likely N-dealkylation sites (tertiary alicyclic amines) is 2. The van der Waals surface area contributed by atoms with E-state index in [0.29, 0.717) is 26.4 Å². The molecule has 2 saturated heterocycles. The summed E-state index contributed by atoms with van der Waals surface area (Å²) in [6.07, 6.45) is 3.83. The Bertz CT molecular complexity index is 2490. The van der Waals surface area contributed by atoms with Gasteiger partial charge in [-0.15, -0.1) is 0 Å². The fraction of sp³-hybridized carbons (Fsp3) is 0.480. The van der Waals surface area contributed by atoms with Crippen LogP contribution in [0.1, 0.15) is 77.1 Å². The van der Waals surface area contributed by atoms with Crippen molar-refractivity contribution < 1.29 is 33.4 Å². The molecule has 4 amide bonds. The number of fused-ring (bicyclic) bond motifs is 1. The number of imidazole rings is 2. The molecule has 0 unspecified atom stereocenters. The van der Waals surface area contributed by atoms with Crippen molar-refractivity contribution in [1.29, 1.82) is 0 Å². The fourth-order valence-electron chi connectivity index (χ4n) is 8.98. The van der Waals surface area contributed by atoms with Crippen molar-refractivity contribution >= 4 is 43.1 Å². The predicted octanol–water partition coefficient (Wildman–Crippen LogP) is 9.16. The van der Waals surface area contributed by atoms with Crippen LogP contribution in [-0.2, 0) is 30.5 Å². The lowest BCUT2D eigenvalue weighted by atomic mass is 9.99. The summed E-state index contributed by atoms with van der Waals surface area (Å²) in [7, 11) is 1.27. The van der Waals surface area contributed by atoms with Gasteiger partial charge in [0.15, 0.2) is 0 Å². The first-order valence-electron chi connectivity index (χ1n) is 23.2. The molecule has 16 heteroatoms. The van der Waals surface area contributed by atoms with Crippen molar-refractivity contribution in [3.05, 3.63) is 84.6 Å². The number of aromatic amines is 1. The van der Waals surface area contributed by atoms with E-state index in [1.165, 1.54) is 14.2 Å². The van der Waals surface area contributed by atoms with Gasteiger partial charge in [0.05, 0.1) is 49.2 Å². The monoisotopic (exact) mass is 918 g/mol. The second-order valence-corrected chi connectivity index (χ2v) is 25.0. The second kappa shape index (κ2) is 20.7. The summed E-state index contributed by atoms with van der Waals surface area (Å²) in [5.41, 5.74) is 7.86. The van der Waals surface area contributed by atoms with Gasteiger partial charge >= 0.3 is 12.2 Å². The number of alkyl carbamates (subject to hydrolysis) is 2. The van der Waals surface area contributed by atoms with E-state index < -0.39 is 32.3 Å². The fourth-order valence-corrected chi connectivity index (χ4v) is 9.74. The first-order chi connectivity index (χ1) is 31.6. The van der Waals surface area contributed by atoms with Crippen LogP contribution in [0, 0.1) is 11.8 Å². The number of benzene rings is 3. The maximum atomic E-state index is 14.0. The number of hydrogen-bond acceptors (Lipinski definition) is 9. The van der Waals surface area contributed by atoms with E-state index in [2.05, 4.69) is 100 Å². The van der Waals surface area contributed by atoms with Crippen molar-refractivity contribution in [2.45, 2.75) is 110 Å². The quantitative estimate of drug-likeness (QED) is 0.0645. The Morgan fingerprint density at radius 2 is 1.23 bits per heavy atom. The van der Waals surface area contributed by atoms with Crippen LogP contribution in [0.4, 0.5) is 9.59 Å². The van der Waals surface area contributed by atoms with Crippen molar-refractivity contribution in [2.24, 2.45) is 11.8 Å². The molecule has 3 aromatic carbocycles. The van der Waals surface area contributed by atoms with E-state index in [4.69, 9.17) is 24.2 Å². The summed E-state index contributed by atoms with van der Waals surface area (Å²) in [4.78, 5) is 69.0. The molecule has 0 saturated carbocycles. The normalized spacial score (nSPS) is 17.4. The summed E-state index contributed by atoms with van der Waals surface area (Å²) >= 11 is 0. The van der Waals surface area contributed by atoms with Crippen molar-refractivity contribution in [2.75, 3.05) is 33.9 Å². The van der Waals surface area contributed by atoms with Gasteiger partial charge in [0, 0.05) is 27.8 Å². The van der Waals surface area contributed by atoms with E-state index in [-0.39, 0.29) is 35.7 Å². The maximum absolute atomic E-state index is 14.0. The zero-order valence-electron chi connectivity index (χ0n) is 39.9. The van der Waals surface area contributed by atoms with Gasteiger partial charge in [-0.1, -0.05) is 102 Å². The van der Waals surface area contributed by atoms with Crippen LogP contribution < -0.4 is 10.6 Å². The Kier molecular flexibility index (Phi) is 15.0. The molecule has 2 fully saturated rings. The van der Waals surface area contributed by atoms with E-state index >= 15 is 0 Å². The second-order valence-electron chi connectivity index (χ2n) is 19.4. The lowest BCUT2D eigenvalue weighted by molar-refractivity contribution is -0.136. The Labute approximate surface area is 389 Å². The molecule has 66 heavy (non-hydrogen) atoms. The number of H-pyrrole nitrogens is 1. The molecule has 0 radical (unpaired) electrons. The average molecular weight is 919 g/mol. The van der Waals surface area contributed by atoms with Gasteiger partial charge in [0.1, 0.15) is 30.5 Å². The van der Waals surface area contributed by atoms with Crippen LogP contribution in [0.15, 0.2) is 72.9 Å². The molecular weight excluding hydrogens is 853 g/mol. The van der Waals surface area contributed by atoms with E-state index in [1.54, 1.807) is 0 Å². The molecular formula is C50H66N8O7Si. The van der Waals surface area contributed by atoms with Crippen LogP contribution >= 0.6 is 0 Å². The summed E-state index contributed by atoms with van der Waals surface area (Å²) in [6.45, 7) is 16.8. The molecule has 3 N–H and O–H groups in total. The topological polar surface area (TPSA) is 173 Å². The van der Waals surface area contributed by atoms with E-state index in [1.807, 2.05) is 49.8 Å². The molecule has 0 spiro atoms. The Morgan fingerprint density at radius 3 is 1.76 bits per heavy atom. The Hall–Kier alpha value is -6.00. The van der Waals surface area contributed by atoms with Crippen molar-refractivity contribution in [3.63, 3.8) is 0 Å². The summed E-state index contributed by atoms with van der Waals surface area (Å²) in [5, 5.41) is 5.47. The van der Waals surface area contributed by atoms with Gasteiger partial charge in [-0.25, -0.2) is 19.6 Å². The molecule has 2 aliphatic rings. The minimum Gasteiger partial charge on any atom is -0.453 e. The predicted molar refractivity (Wildman–Crippen MR) is 258 cm³/mol. The molecule has 7 rings (SSSR count). The Balaban J connectivity index is 1.08. The zero-order valence-corrected chi connectivity index (χ0v) is 40.9. The molecule has 352 valence electrons. The van der Waals surface area contributed by atoms with Gasteiger partial charge in [0.2, 0.25) is 11.8 Å². The van der Waals surface area contributed by atoms with Crippen LogP contribution in [0.3, 0.4) is 0 Å². The number of methoxy groups -OCH3 is 2. The van der Waals surface area contributed by atoms with Crippen LogP contribution in [0.5, 0.6) is 0 Å². The van der Waals surface area contributed by atoms with Crippen molar-refractivity contribution in [3.8, 4) is 33.5 Å². The first-order valence-corrected chi connectivity index (χ1v) is 26.9. The number of nitrogens with zero attached hydrogens (tertiary/aromatic N) is 5. The molecule has 0 bridgehead atoms. The molecule has 2 aromatic heterocycles. The molecule has 15 nitrogen and oxygen atoms in total. The molecule has 2 aliphatic heterocycles. The van der Waals surface area contributed by atoms with Gasteiger partial charge in [0.25, 0.3) is 0 Å². The molecule has 5 aromatic rings. The van der Waals surface area contributed by atoms with Crippen LogP contribution in [0.2, 0.25) is 25.7 Å². The molecule has 4 heterocycles. The highest BCUT2D eigenvalue weighted by atomic mass is 28.3. The number of carbonyl (C=O) groups excluding carboxylic acids is 4. The largest absolute Gasteiger partial charge is 0.453 e. The summed E-state index contributed by atoms with van der Waals surface area (Å²) < 4.78 is 18.1. The lowest BCUT2D eigenvalue weighted by Gasteiger charge is -2.31. The van der Waals surface area contributed by atoms with Gasteiger partial charge in [-0.3, -0.25) is 9.59 Å². The summed E-state index contributed by atoms with van der Waals surface area (Å²) in [5.74, 6) is 0.983. The smallest absolute Gasteiger partial charge is 0.407 e. The molecule has 4 atom stereocenters. The minimum absolute atomic E-state index is 0.112. The zero-order chi connectivity index (χ0) is 47.3.